The summed E-state index contributed by atoms with van der Waals surface area (Å²) in [5.74, 6) is -0.0922. The average Bonchev–Trinajstić information content (AvgIpc) is 2.38. The van der Waals surface area contributed by atoms with E-state index >= 15 is 0 Å². The first kappa shape index (κ1) is 13.5. The van der Waals surface area contributed by atoms with Crippen molar-refractivity contribution in [3.8, 4) is 5.75 Å². The first-order valence-electron chi connectivity index (χ1n) is 5.89. The zero-order valence-electron chi connectivity index (χ0n) is 10.5. The van der Waals surface area contributed by atoms with Crippen LogP contribution in [0.1, 0.15) is 24.8 Å². The smallest absolute Gasteiger partial charge is 0.233 e. The van der Waals surface area contributed by atoms with Crippen molar-refractivity contribution in [3.05, 3.63) is 23.8 Å². The van der Waals surface area contributed by atoms with Crippen molar-refractivity contribution < 1.29 is 14.3 Å². The molecule has 0 radical (unpaired) electrons. The van der Waals surface area contributed by atoms with Gasteiger partial charge in [-0.3, -0.25) is 9.59 Å². The predicted octanol–water partition coefficient (Wildman–Crippen LogP) is 1.37. The monoisotopic (exact) mass is 278 g/mol. The van der Waals surface area contributed by atoms with Crippen LogP contribution in [-0.4, -0.2) is 23.9 Å². The molecule has 5 nitrogen and oxygen atoms in total. The Balaban J connectivity index is 2.61. The lowest BCUT2D eigenvalue weighted by atomic mass is 10.0. The second kappa shape index (κ2) is 5.36. The van der Waals surface area contributed by atoms with E-state index in [2.05, 4.69) is 0 Å². The van der Waals surface area contributed by atoms with Gasteiger partial charge in [0.2, 0.25) is 11.8 Å². The Morgan fingerprint density at radius 1 is 1.32 bits per heavy atom. The number of imide groups is 1. The van der Waals surface area contributed by atoms with Crippen molar-refractivity contribution in [1.82, 2.24) is 0 Å². The molecular weight excluding hydrogens is 264 g/mol. The SMILES string of the molecule is COc1cccc(C(N)=S)c1N1C(=O)CCCC1=O. The molecule has 0 atom stereocenters. The molecule has 0 spiro atoms. The maximum atomic E-state index is 12.0. The zero-order valence-corrected chi connectivity index (χ0v) is 11.3. The average molecular weight is 278 g/mol. The van der Waals surface area contributed by atoms with E-state index in [-0.39, 0.29) is 16.8 Å². The molecule has 1 aliphatic heterocycles. The van der Waals surface area contributed by atoms with Crippen LogP contribution in [0.2, 0.25) is 0 Å². The van der Waals surface area contributed by atoms with E-state index in [0.717, 1.165) is 4.90 Å². The highest BCUT2D eigenvalue weighted by Gasteiger charge is 2.31. The summed E-state index contributed by atoms with van der Waals surface area (Å²) in [7, 11) is 1.47. The van der Waals surface area contributed by atoms with Crippen LogP contribution in [-0.2, 0) is 9.59 Å². The highest BCUT2D eigenvalue weighted by Crippen LogP contribution is 2.34. The summed E-state index contributed by atoms with van der Waals surface area (Å²) in [4.78, 5) is 25.3. The molecule has 1 aromatic carbocycles. The molecule has 1 saturated heterocycles. The first-order valence-corrected chi connectivity index (χ1v) is 6.29. The second-order valence-corrected chi connectivity index (χ2v) is 4.64. The Morgan fingerprint density at radius 2 is 1.95 bits per heavy atom. The summed E-state index contributed by atoms with van der Waals surface area (Å²) in [6.07, 6.45) is 1.24. The molecule has 100 valence electrons. The van der Waals surface area contributed by atoms with Gasteiger partial charge >= 0.3 is 0 Å². The third-order valence-corrected chi connectivity index (χ3v) is 3.21. The van der Waals surface area contributed by atoms with Gasteiger partial charge in [0.25, 0.3) is 0 Å². The molecule has 2 amide bonds. The number of methoxy groups -OCH3 is 1. The first-order chi connectivity index (χ1) is 9.06. The van der Waals surface area contributed by atoms with Crippen molar-refractivity contribution in [2.75, 3.05) is 12.0 Å². The molecule has 2 N–H and O–H groups in total. The van der Waals surface area contributed by atoms with Gasteiger partial charge in [-0.2, -0.15) is 0 Å². The lowest BCUT2D eigenvalue weighted by molar-refractivity contribution is -0.129. The van der Waals surface area contributed by atoms with Gasteiger partial charge in [-0.25, -0.2) is 4.90 Å². The fourth-order valence-electron chi connectivity index (χ4n) is 2.12. The minimum Gasteiger partial charge on any atom is -0.495 e. The Bertz CT molecular complexity index is 541. The summed E-state index contributed by atoms with van der Waals surface area (Å²) in [6.45, 7) is 0. The number of hydrogen-bond donors (Lipinski definition) is 1. The summed E-state index contributed by atoms with van der Waals surface area (Å²) in [5.41, 5.74) is 6.49. The molecule has 0 bridgehead atoms. The van der Waals surface area contributed by atoms with Gasteiger partial charge in [-0.05, 0) is 18.6 Å². The van der Waals surface area contributed by atoms with Crippen LogP contribution in [0.3, 0.4) is 0 Å². The van der Waals surface area contributed by atoms with E-state index in [1.807, 2.05) is 0 Å². The fourth-order valence-corrected chi connectivity index (χ4v) is 2.28. The number of ether oxygens (including phenoxy) is 1. The van der Waals surface area contributed by atoms with E-state index in [4.69, 9.17) is 22.7 Å². The molecule has 0 saturated carbocycles. The molecular formula is C13H14N2O3S. The maximum absolute atomic E-state index is 12.0. The number of nitrogens with zero attached hydrogens (tertiary/aromatic N) is 1. The van der Waals surface area contributed by atoms with E-state index in [1.165, 1.54) is 7.11 Å². The van der Waals surface area contributed by atoms with Gasteiger partial charge in [-0.15, -0.1) is 0 Å². The highest BCUT2D eigenvalue weighted by molar-refractivity contribution is 7.80. The predicted molar refractivity (Wildman–Crippen MR) is 75.2 cm³/mol. The van der Waals surface area contributed by atoms with Gasteiger partial charge in [0.05, 0.1) is 7.11 Å². The zero-order chi connectivity index (χ0) is 14.0. The molecule has 0 aromatic heterocycles. The van der Waals surface area contributed by atoms with E-state index in [9.17, 15) is 9.59 Å². The lowest BCUT2D eigenvalue weighted by Gasteiger charge is -2.28. The van der Waals surface area contributed by atoms with Crippen molar-refractivity contribution in [1.29, 1.82) is 0 Å². The summed E-state index contributed by atoms with van der Waals surface area (Å²) >= 11 is 4.98. The minimum absolute atomic E-state index is 0.125. The molecule has 2 rings (SSSR count). The van der Waals surface area contributed by atoms with E-state index < -0.39 is 0 Å². The molecule has 19 heavy (non-hydrogen) atoms. The van der Waals surface area contributed by atoms with Gasteiger partial charge in [-0.1, -0.05) is 18.3 Å². The van der Waals surface area contributed by atoms with Gasteiger partial charge < -0.3 is 10.5 Å². The minimum atomic E-state index is -0.252. The maximum Gasteiger partial charge on any atom is 0.233 e. The third kappa shape index (κ3) is 2.44. The van der Waals surface area contributed by atoms with Crippen molar-refractivity contribution >= 4 is 34.7 Å². The van der Waals surface area contributed by atoms with Crippen molar-refractivity contribution in [2.24, 2.45) is 5.73 Å². The number of thiocarbonyl (C=S) groups is 1. The van der Waals surface area contributed by atoms with Gasteiger partial charge in [0.15, 0.2) is 0 Å². The van der Waals surface area contributed by atoms with E-state index in [0.29, 0.717) is 36.3 Å². The number of anilines is 1. The Hall–Kier alpha value is -1.95. The molecule has 1 aliphatic rings. The molecule has 1 fully saturated rings. The third-order valence-electron chi connectivity index (χ3n) is 2.99. The van der Waals surface area contributed by atoms with Crippen LogP contribution >= 0.6 is 12.2 Å². The number of rotatable bonds is 3. The largest absolute Gasteiger partial charge is 0.495 e. The Labute approximate surface area is 116 Å². The molecule has 1 heterocycles. The quantitative estimate of drug-likeness (QED) is 0.668. The molecule has 6 heteroatoms. The number of carbonyl (C=O) groups excluding carboxylic acids is 2. The van der Waals surface area contributed by atoms with Crippen LogP contribution in [0.4, 0.5) is 5.69 Å². The van der Waals surface area contributed by atoms with Crippen molar-refractivity contribution in [3.63, 3.8) is 0 Å². The molecule has 0 unspecified atom stereocenters. The second-order valence-electron chi connectivity index (χ2n) is 4.20. The number of nitrogens with two attached hydrogens (primary N) is 1. The Kier molecular flexibility index (Phi) is 3.80. The van der Waals surface area contributed by atoms with Gasteiger partial charge in [0, 0.05) is 18.4 Å². The standard InChI is InChI=1S/C13H14N2O3S/c1-18-9-5-2-4-8(13(14)19)12(9)15-10(16)6-3-7-11(15)17/h2,4-5H,3,6-7H2,1H3,(H2,14,19). The number of carbonyl (C=O) groups is 2. The van der Waals surface area contributed by atoms with Gasteiger partial charge in [0.1, 0.15) is 16.4 Å². The fraction of sp³-hybridized carbons (Fsp3) is 0.308. The topological polar surface area (TPSA) is 72.6 Å². The molecule has 0 aliphatic carbocycles. The summed E-state index contributed by atoms with van der Waals surface area (Å²) in [6, 6.07) is 5.07. The number of para-hydroxylation sites is 1. The molecule has 1 aromatic rings. The number of benzene rings is 1. The Morgan fingerprint density at radius 3 is 2.47 bits per heavy atom. The number of hydrogen-bond acceptors (Lipinski definition) is 4. The van der Waals surface area contributed by atoms with E-state index in [1.54, 1.807) is 18.2 Å². The number of amides is 2. The highest BCUT2D eigenvalue weighted by atomic mass is 32.1. The summed E-state index contributed by atoms with van der Waals surface area (Å²) < 4.78 is 5.22. The van der Waals surface area contributed by atoms with Crippen LogP contribution in [0, 0.1) is 0 Å². The number of piperidine rings is 1. The van der Waals surface area contributed by atoms with Crippen LogP contribution in [0.15, 0.2) is 18.2 Å². The van der Waals surface area contributed by atoms with Crippen LogP contribution in [0.25, 0.3) is 0 Å². The van der Waals surface area contributed by atoms with Crippen LogP contribution < -0.4 is 15.4 Å². The van der Waals surface area contributed by atoms with Crippen molar-refractivity contribution in [2.45, 2.75) is 19.3 Å². The normalized spacial score (nSPS) is 15.5. The summed E-state index contributed by atoms with van der Waals surface area (Å²) in [5, 5.41) is 0. The lowest BCUT2D eigenvalue weighted by Crippen LogP contribution is -2.41. The van der Waals surface area contributed by atoms with Crippen LogP contribution in [0.5, 0.6) is 5.75 Å².